The topological polar surface area (TPSA) is 54.0 Å². The van der Waals surface area contributed by atoms with Crippen molar-refractivity contribution in [2.45, 2.75) is 32.0 Å². The second-order valence-electron chi connectivity index (χ2n) is 5.24. The summed E-state index contributed by atoms with van der Waals surface area (Å²) < 4.78 is 44.5. The van der Waals surface area contributed by atoms with Gasteiger partial charge >= 0.3 is 12.6 Å². The summed E-state index contributed by atoms with van der Waals surface area (Å²) in [5.41, 5.74) is 0.597. The van der Waals surface area contributed by atoms with E-state index in [4.69, 9.17) is 14.2 Å². The van der Waals surface area contributed by atoms with Gasteiger partial charge in [-0.1, -0.05) is 6.07 Å². The Kier molecular flexibility index (Phi) is 6.99. The maximum Gasteiger partial charge on any atom is 0.387 e. The van der Waals surface area contributed by atoms with E-state index < -0.39 is 12.6 Å². The zero-order valence-corrected chi connectivity index (χ0v) is 13.4. The number of esters is 1. The molecule has 0 spiro atoms. The van der Waals surface area contributed by atoms with Crippen molar-refractivity contribution in [3.63, 3.8) is 0 Å². The molecule has 1 aliphatic heterocycles. The minimum atomic E-state index is -2.93. The number of rotatable bonds is 7. The van der Waals surface area contributed by atoms with E-state index in [9.17, 15) is 13.6 Å². The van der Waals surface area contributed by atoms with Gasteiger partial charge in [-0.3, -0.25) is 0 Å². The summed E-state index contributed by atoms with van der Waals surface area (Å²) in [6, 6.07) is 4.38. The second-order valence-corrected chi connectivity index (χ2v) is 5.24. The molecule has 1 unspecified atom stereocenters. The highest BCUT2D eigenvalue weighted by Gasteiger charge is 2.15. The van der Waals surface area contributed by atoms with Crippen LogP contribution in [0.15, 0.2) is 24.3 Å². The summed E-state index contributed by atoms with van der Waals surface area (Å²) in [6.45, 7) is -2.00. The zero-order valence-electron chi connectivity index (χ0n) is 13.4. The molecule has 1 aromatic carbocycles. The molecule has 0 radical (unpaired) electrons. The maximum atomic E-state index is 12.3. The number of methoxy groups -OCH3 is 1. The van der Waals surface area contributed by atoms with Gasteiger partial charge in [-0.2, -0.15) is 8.78 Å². The Balaban J connectivity index is 1.89. The van der Waals surface area contributed by atoms with Crippen molar-refractivity contribution in [3.8, 4) is 11.5 Å². The van der Waals surface area contributed by atoms with Gasteiger partial charge in [0.15, 0.2) is 11.5 Å². The van der Waals surface area contributed by atoms with Crippen LogP contribution in [-0.4, -0.2) is 39.0 Å². The van der Waals surface area contributed by atoms with Gasteiger partial charge in [-0.15, -0.1) is 0 Å². The lowest BCUT2D eigenvalue weighted by Crippen LogP contribution is -2.25. The molecule has 132 valence electrons. The highest BCUT2D eigenvalue weighted by molar-refractivity contribution is 5.87. The number of hydrogen-bond acceptors (Lipinski definition) is 5. The highest BCUT2D eigenvalue weighted by atomic mass is 19.3. The van der Waals surface area contributed by atoms with Crippen LogP contribution >= 0.6 is 0 Å². The molecule has 1 aliphatic rings. The molecule has 0 amide bonds. The van der Waals surface area contributed by atoms with Gasteiger partial charge in [0.1, 0.15) is 6.61 Å². The number of ether oxygens (including phenoxy) is 4. The van der Waals surface area contributed by atoms with Gasteiger partial charge in [0.25, 0.3) is 0 Å². The lowest BCUT2D eigenvalue weighted by atomic mass is 10.1. The van der Waals surface area contributed by atoms with Crippen LogP contribution in [0.4, 0.5) is 8.78 Å². The predicted octanol–water partition coefficient (Wildman–Crippen LogP) is 3.42. The number of benzene rings is 1. The van der Waals surface area contributed by atoms with Crippen LogP contribution in [0.25, 0.3) is 6.08 Å². The van der Waals surface area contributed by atoms with Crippen molar-refractivity contribution in [1.82, 2.24) is 0 Å². The Bertz CT molecular complexity index is 568. The van der Waals surface area contributed by atoms with Crippen molar-refractivity contribution in [2.24, 2.45) is 0 Å². The van der Waals surface area contributed by atoms with Crippen LogP contribution in [0.3, 0.4) is 0 Å². The molecule has 0 N–H and O–H groups in total. The average molecular weight is 342 g/mol. The lowest BCUT2D eigenvalue weighted by molar-refractivity contribution is -0.143. The maximum absolute atomic E-state index is 12.3. The molecule has 0 saturated carbocycles. The van der Waals surface area contributed by atoms with Gasteiger partial charge in [-0.05, 0) is 43.0 Å². The predicted molar refractivity (Wildman–Crippen MR) is 83.2 cm³/mol. The number of carbonyl (C=O) groups excluding carboxylic acids is 1. The van der Waals surface area contributed by atoms with Crippen LogP contribution in [-0.2, 0) is 14.3 Å². The summed E-state index contributed by atoms with van der Waals surface area (Å²) in [6.07, 6.45) is 5.74. The molecular weight excluding hydrogens is 322 g/mol. The van der Waals surface area contributed by atoms with Crippen LogP contribution in [0.5, 0.6) is 11.5 Å². The van der Waals surface area contributed by atoms with Gasteiger partial charge in [0.2, 0.25) is 0 Å². The molecule has 1 fully saturated rings. The molecule has 1 aromatic rings. The Morgan fingerprint density at radius 1 is 1.38 bits per heavy atom. The molecule has 2 rings (SSSR count). The molecule has 1 saturated heterocycles. The summed E-state index contributed by atoms with van der Waals surface area (Å²) in [4.78, 5) is 11.7. The zero-order chi connectivity index (χ0) is 17.4. The van der Waals surface area contributed by atoms with Crippen molar-refractivity contribution < 1.29 is 32.5 Å². The van der Waals surface area contributed by atoms with E-state index in [1.807, 2.05) is 0 Å². The fourth-order valence-corrected chi connectivity index (χ4v) is 2.31. The number of carbonyl (C=O) groups is 1. The Hall–Kier alpha value is -2.15. The van der Waals surface area contributed by atoms with E-state index >= 15 is 0 Å². The third-order valence-electron chi connectivity index (χ3n) is 3.50. The van der Waals surface area contributed by atoms with Crippen molar-refractivity contribution in [3.05, 3.63) is 29.8 Å². The summed E-state index contributed by atoms with van der Waals surface area (Å²) in [5, 5.41) is 0. The molecule has 1 heterocycles. The first-order valence-corrected chi connectivity index (χ1v) is 7.68. The van der Waals surface area contributed by atoms with Crippen LogP contribution < -0.4 is 9.47 Å². The van der Waals surface area contributed by atoms with E-state index in [1.165, 1.54) is 37.5 Å². The summed E-state index contributed by atoms with van der Waals surface area (Å²) in [5.74, 6) is -0.404. The fraction of sp³-hybridized carbons (Fsp3) is 0.471. The van der Waals surface area contributed by atoms with E-state index in [0.29, 0.717) is 12.2 Å². The monoisotopic (exact) mass is 342 g/mol. The molecule has 24 heavy (non-hydrogen) atoms. The Labute approximate surface area is 139 Å². The third-order valence-corrected chi connectivity index (χ3v) is 3.50. The normalized spacial score (nSPS) is 17.9. The molecule has 1 atom stereocenters. The highest BCUT2D eigenvalue weighted by Crippen LogP contribution is 2.29. The number of halogens is 2. The van der Waals surface area contributed by atoms with Crippen LogP contribution in [0.1, 0.15) is 24.8 Å². The van der Waals surface area contributed by atoms with Gasteiger partial charge < -0.3 is 18.9 Å². The fourth-order valence-electron chi connectivity index (χ4n) is 2.31. The SMILES string of the molecule is COc1cc(C=CC(=O)OCC2CCCCO2)ccc1OC(F)F. The first-order chi connectivity index (χ1) is 11.6. The Morgan fingerprint density at radius 3 is 2.88 bits per heavy atom. The van der Waals surface area contributed by atoms with E-state index in [-0.39, 0.29) is 24.2 Å². The lowest BCUT2D eigenvalue weighted by Gasteiger charge is -2.21. The third kappa shape index (κ3) is 5.81. The summed E-state index contributed by atoms with van der Waals surface area (Å²) >= 11 is 0. The molecular formula is C17H20F2O5. The van der Waals surface area contributed by atoms with Crippen molar-refractivity contribution in [1.29, 1.82) is 0 Å². The van der Waals surface area contributed by atoms with Gasteiger partial charge in [0.05, 0.1) is 13.2 Å². The second kappa shape index (κ2) is 9.22. The minimum Gasteiger partial charge on any atom is -0.493 e. The molecule has 0 aromatic heterocycles. The van der Waals surface area contributed by atoms with Gasteiger partial charge in [0, 0.05) is 12.7 Å². The minimum absolute atomic E-state index is 0.0398. The van der Waals surface area contributed by atoms with E-state index in [2.05, 4.69) is 4.74 Å². The van der Waals surface area contributed by atoms with Gasteiger partial charge in [-0.25, -0.2) is 4.79 Å². The van der Waals surface area contributed by atoms with Crippen molar-refractivity contribution in [2.75, 3.05) is 20.3 Å². The standard InChI is InChI=1S/C17H20F2O5/c1-21-15-10-12(5-7-14(15)24-17(18)19)6-8-16(20)23-11-13-4-2-3-9-22-13/h5-8,10,13,17H,2-4,9,11H2,1H3. The van der Waals surface area contributed by atoms with E-state index in [0.717, 1.165) is 19.3 Å². The number of hydrogen-bond donors (Lipinski definition) is 0. The largest absolute Gasteiger partial charge is 0.493 e. The van der Waals surface area contributed by atoms with Crippen LogP contribution in [0, 0.1) is 0 Å². The first-order valence-electron chi connectivity index (χ1n) is 7.68. The first kappa shape index (κ1) is 18.2. The summed E-state index contributed by atoms with van der Waals surface area (Å²) in [7, 11) is 1.35. The molecule has 7 heteroatoms. The molecule has 0 aliphatic carbocycles. The van der Waals surface area contributed by atoms with E-state index in [1.54, 1.807) is 0 Å². The Morgan fingerprint density at radius 2 is 2.21 bits per heavy atom. The van der Waals surface area contributed by atoms with Crippen LogP contribution in [0.2, 0.25) is 0 Å². The smallest absolute Gasteiger partial charge is 0.387 e. The molecule has 0 bridgehead atoms. The molecule has 5 nitrogen and oxygen atoms in total. The van der Waals surface area contributed by atoms with Crippen molar-refractivity contribution >= 4 is 12.0 Å². The average Bonchev–Trinajstić information content (AvgIpc) is 2.59. The number of alkyl halides is 2. The quantitative estimate of drug-likeness (QED) is 0.561.